The minimum atomic E-state index is -1.87. The van der Waals surface area contributed by atoms with E-state index in [1.165, 1.54) is 0 Å². The Hall–Kier alpha value is -3.98. The standard InChI is InChI=1S/C30H32N2O7/c1-7-18-19-11-17(37-14-16(3)27(34)39-29(4,5)6)9-10-23(19)31-25-20(18)13-32-24(25)12-22-21(26(32)33)15-38-28(35)30(22,36)8-2/h9-12,36H,3,7-8,13-15H2,1-2,4-6H3/t30-/m0/s1. The Morgan fingerprint density at radius 1 is 1.21 bits per heavy atom. The van der Waals surface area contributed by atoms with Crippen molar-refractivity contribution in [3.63, 3.8) is 0 Å². The van der Waals surface area contributed by atoms with E-state index in [1.54, 1.807) is 44.4 Å². The van der Waals surface area contributed by atoms with Crippen LogP contribution in [-0.2, 0) is 44.2 Å². The summed E-state index contributed by atoms with van der Waals surface area (Å²) in [6.45, 7) is 13.0. The predicted octanol–water partition coefficient (Wildman–Crippen LogP) is 3.92. The van der Waals surface area contributed by atoms with Gasteiger partial charge >= 0.3 is 11.9 Å². The second kappa shape index (κ2) is 9.34. The molecule has 39 heavy (non-hydrogen) atoms. The molecule has 2 aliphatic heterocycles. The van der Waals surface area contributed by atoms with Gasteiger partial charge in [0.15, 0.2) is 5.60 Å². The van der Waals surface area contributed by atoms with E-state index in [0.717, 1.165) is 16.5 Å². The van der Waals surface area contributed by atoms with E-state index in [-0.39, 0.29) is 30.8 Å². The Balaban J connectivity index is 1.53. The molecule has 1 N–H and O–H groups in total. The molecule has 2 aliphatic rings. The minimum absolute atomic E-state index is 0.0201. The van der Waals surface area contributed by atoms with Gasteiger partial charge in [0.2, 0.25) is 0 Å². The number of aliphatic hydroxyl groups is 1. The van der Waals surface area contributed by atoms with Crippen molar-refractivity contribution in [3.05, 3.63) is 69.0 Å². The fraction of sp³-hybridized carbons (Fsp3) is 0.400. The van der Waals surface area contributed by atoms with E-state index in [9.17, 15) is 19.5 Å². The SMILES string of the molecule is C=C(COc1ccc2nc3c(c(CC)c2c1)Cn1c-3cc2c(c1=O)COC(=O)[C@]2(O)CC)C(=O)OC(C)(C)C. The van der Waals surface area contributed by atoms with Crippen molar-refractivity contribution in [2.24, 2.45) is 0 Å². The van der Waals surface area contributed by atoms with E-state index in [2.05, 4.69) is 6.58 Å². The van der Waals surface area contributed by atoms with Crippen molar-refractivity contribution in [2.75, 3.05) is 6.61 Å². The van der Waals surface area contributed by atoms with Crippen LogP contribution in [0.5, 0.6) is 5.75 Å². The number of hydrogen-bond donors (Lipinski definition) is 1. The van der Waals surface area contributed by atoms with Crippen LogP contribution in [0.25, 0.3) is 22.3 Å². The monoisotopic (exact) mass is 532 g/mol. The highest BCUT2D eigenvalue weighted by molar-refractivity contribution is 5.90. The molecule has 0 unspecified atom stereocenters. The summed E-state index contributed by atoms with van der Waals surface area (Å²) in [5, 5.41) is 12.0. The van der Waals surface area contributed by atoms with Crippen molar-refractivity contribution in [1.82, 2.24) is 9.55 Å². The Kier molecular flexibility index (Phi) is 6.37. The third-order valence-electron chi connectivity index (χ3n) is 7.23. The molecule has 0 amide bonds. The normalized spacial score (nSPS) is 17.7. The van der Waals surface area contributed by atoms with Crippen molar-refractivity contribution in [1.29, 1.82) is 0 Å². The molecule has 3 aromatic rings. The van der Waals surface area contributed by atoms with Gasteiger partial charge in [-0.15, -0.1) is 0 Å². The number of esters is 2. The van der Waals surface area contributed by atoms with Crippen LogP contribution in [0, 0.1) is 0 Å². The molecule has 0 bridgehead atoms. The molecule has 2 aromatic heterocycles. The van der Waals surface area contributed by atoms with Crippen LogP contribution in [0.3, 0.4) is 0 Å². The van der Waals surface area contributed by atoms with Crippen LogP contribution in [0.4, 0.5) is 0 Å². The van der Waals surface area contributed by atoms with E-state index in [0.29, 0.717) is 46.7 Å². The number of carbonyl (C=O) groups excluding carboxylic acids is 2. The highest BCUT2D eigenvalue weighted by Gasteiger charge is 2.45. The van der Waals surface area contributed by atoms with Gasteiger partial charge in [0.1, 0.15) is 24.6 Å². The number of nitrogens with zero attached hydrogens (tertiary/aromatic N) is 2. The largest absolute Gasteiger partial charge is 0.489 e. The van der Waals surface area contributed by atoms with Crippen molar-refractivity contribution < 1.29 is 28.9 Å². The van der Waals surface area contributed by atoms with E-state index >= 15 is 0 Å². The van der Waals surface area contributed by atoms with Gasteiger partial charge in [0.25, 0.3) is 5.56 Å². The van der Waals surface area contributed by atoms with E-state index in [1.807, 2.05) is 19.1 Å². The van der Waals surface area contributed by atoms with Gasteiger partial charge in [-0.25, -0.2) is 14.6 Å². The molecule has 0 spiro atoms. The highest BCUT2D eigenvalue weighted by Crippen LogP contribution is 2.40. The molecule has 0 saturated heterocycles. The third-order valence-corrected chi connectivity index (χ3v) is 7.23. The van der Waals surface area contributed by atoms with E-state index < -0.39 is 23.1 Å². The molecular weight excluding hydrogens is 500 g/mol. The molecule has 9 nitrogen and oxygen atoms in total. The average Bonchev–Trinajstić information content (AvgIpc) is 3.25. The maximum absolute atomic E-state index is 13.5. The lowest BCUT2D eigenvalue weighted by molar-refractivity contribution is -0.172. The number of ether oxygens (including phenoxy) is 3. The lowest BCUT2D eigenvalue weighted by atomic mass is 9.86. The number of hydrogen-bond acceptors (Lipinski definition) is 8. The molecule has 5 rings (SSSR count). The van der Waals surface area contributed by atoms with Gasteiger partial charge in [-0.1, -0.05) is 20.4 Å². The third kappa shape index (κ3) is 4.40. The summed E-state index contributed by atoms with van der Waals surface area (Å²) in [5.41, 5.74) is 1.87. The molecule has 0 saturated carbocycles. The Morgan fingerprint density at radius 3 is 2.62 bits per heavy atom. The first-order valence-corrected chi connectivity index (χ1v) is 13.0. The first-order valence-electron chi connectivity index (χ1n) is 13.0. The van der Waals surface area contributed by atoms with Gasteiger partial charge in [-0.05, 0) is 63.4 Å². The fourth-order valence-corrected chi connectivity index (χ4v) is 5.21. The summed E-state index contributed by atoms with van der Waals surface area (Å²) < 4.78 is 18.0. The zero-order valence-corrected chi connectivity index (χ0v) is 22.8. The molecule has 9 heteroatoms. The topological polar surface area (TPSA) is 117 Å². The van der Waals surface area contributed by atoms with E-state index in [4.69, 9.17) is 19.2 Å². The smallest absolute Gasteiger partial charge is 0.343 e. The number of aryl methyl sites for hydroxylation is 1. The molecule has 204 valence electrons. The van der Waals surface area contributed by atoms with Crippen LogP contribution in [-0.4, -0.2) is 38.8 Å². The quantitative estimate of drug-likeness (QED) is 0.293. The maximum Gasteiger partial charge on any atom is 0.343 e. The lowest BCUT2D eigenvalue weighted by Crippen LogP contribution is -2.44. The second-order valence-electron chi connectivity index (χ2n) is 10.9. The highest BCUT2D eigenvalue weighted by atomic mass is 16.6. The van der Waals surface area contributed by atoms with Gasteiger partial charge < -0.3 is 23.9 Å². The number of benzene rings is 1. The van der Waals surface area contributed by atoms with Gasteiger partial charge in [-0.3, -0.25) is 4.79 Å². The van der Waals surface area contributed by atoms with Crippen LogP contribution < -0.4 is 10.3 Å². The van der Waals surface area contributed by atoms with Crippen molar-refractivity contribution in [3.8, 4) is 17.1 Å². The first kappa shape index (κ1) is 26.6. The number of carbonyl (C=O) groups is 2. The zero-order valence-electron chi connectivity index (χ0n) is 22.8. The first-order chi connectivity index (χ1) is 18.4. The molecule has 0 aliphatic carbocycles. The molecule has 1 aromatic carbocycles. The van der Waals surface area contributed by atoms with Gasteiger partial charge in [0.05, 0.1) is 34.6 Å². The number of aromatic nitrogens is 2. The number of fused-ring (bicyclic) bond motifs is 5. The predicted molar refractivity (Wildman–Crippen MR) is 144 cm³/mol. The van der Waals surface area contributed by atoms with Crippen molar-refractivity contribution in [2.45, 2.75) is 71.8 Å². The Labute approximate surface area is 226 Å². The molecule has 4 heterocycles. The van der Waals surface area contributed by atoms with Crippen LogP contribution >= 0.6 is 0 Å². The summed E-state index contributed by atoms with van der Waals surface area (Å²) in [4.78, 5) is 43.1. The molecule has 1 atom stereocenters. The molecular formula is C30H32N2O7. The Morgan fingerprint density at radius 2 is 1.95 bits per heavy atom. The fourth-order valence-electron chi connectivity index (χ4n) is 5.21. The number of rotatable bonds is 6. The summed E-state index contributed by atoms with van der Waals surface area (Å²) in [6.07, 6.45) is 0.765. The lowest BCUT2D eigenvalue weighted by Gasteiger charge is -2.31. The molecule has 0 radical (unpaired) electrons. The van der Waals surface area contributed by atoms with Crippen LogP contribution in [0.1, 0.15) is 63.3 Å². The second-order valence-corrected chi connectivity index (χ2v) is 10.9. The maximum atomic E-state index is 13.5. The number of cyclic esters (lactones) is 1. The minimum Gasteiger partial charge on any atom is -0.489 e. The van der Waals surface area contributed by atoms with Crippen molar-refractivity contribution >= 4 is 22.8 Å². The van der Waals surface area contributed by atoms with Crippen LogP contribution in [0.2, 0.25) is 0 Å². The van der Waals surface area contributed by atoms with Crippen LogP contribution in [0.15, 0.2) is 41.2 Å². The summed E-state index contributed by atoms with van der Waals surface area (Å²) in [5.74, 6) is -0.705. The number of pyridine rings is 2. The summed E-state index contributed by atoms with van der Waals surface area (Å²) in [7, 11) is 0. The Bertz CT molecular complexity index is 1610. The van der Waals surface area contributed by atoms with Gasteiger partial charge in [-0.2, -0.15) is 0 Å². The molecule has 0 fully saturated rings. The zero-order chi connectivity index (χ0) is 28.3. The average molecular weight is 533 g/mol. The summed E-state index contributed by atoms with van der Waals surface area (Å²) in [6, 6.07) is 7.19. The summed E-state index contributed by atoms with van der Waals surface area (Å²) >= 11 is 0. The van der Waals surface area contributed by atoms with Gasteiger partial charge in [0, 0.05) is 16.5 Å².